The molecule has 2 rings (SSSR count). The Kier molecular flexibility index (Phi) is 7.49. The van der Waals surface area contributed by atoms with Crippen LogP contribution in [0.5, 0.6) is 5.75 Å². The number of rotatable bonds is 8. The van der Waals surface area contributed by atoms with Crippen molar-refractivity contribution in [1.82, 2.24) is 9.80 Å². The van der Waals surface area contributed by atoms with E-state index in [2.05, 4.69) is 16.7 Å². The van der Waals surface area contributed by atoms with E-state index < -0.39 is 6.10 Å². The summed E-state index contributed by atoms with van der Waals surface area (Å²) in [5.41, 5.74) is 0.499. The summed E-state index contributed by atoms with van der Waals surface area (Å²) in [5, 5.41) is 10.1. The Bertz CT molecular complexity index is 498. The zero-order chi connectivity index (χ0) is 17.4. The number of hydrogen-bond acceptors (Lipinski definition) is 6. The first-order valence-corrected chi connectivity index (χ1v) is 8.65. The molecule has 1 aromatic carbocycles. The lowest BCUT2D eigenvalue weighted by atomic mass is 10.2. The van der Waals surface area contributed by atoms with Crippen molar-refractivity contribution in [2.45, 2.75) is 20.0 Å². The highest BCUT2D eigenvalue weighted by Crippen LogP contribution is 2.13. The van der Waals surface area contributed by atoms with Gasteiger partial charge < -0.3 is 19.5 Å². The molecule has 24 heavy (non-hydrogen) atoms. The van der Waals surface area contributed by atoms with E-state index in [1.165, 1.54) is 0 Å². The lowest BCUT2D eigenvalue weighted by Gasteiger charge is -2.34. The largest absolute Gasteiger partial charge is 0.491 e. The van der Waals surface area contributed by atoms with Gasteiger partial charge in [-0.15, -0.1) is 0 Å². The highest BCUT2D eigenvalue weighted by molar-refractivity contribution is 5.89. The first-order chi connectivity index (χ1) is 11.6. The molecule has 1 N–H and O–H groups in total. The molecule has 1 saturated heterocycles. The number of piperazine rings is 1. The molecular weight excluding hydrogens is 308 g/mol. The summed E-state index contributed by atoms with van der Waals surface area (Å²) in [5.74, 6) is 0.299. The summed E-state index contributed by atoms with van der Waals surface area (Å²) in [4.78, 5) is 16.3. The monoisotopic (exact) mass is 336 g/mol. The molecule has 0 bridgehead atoms. The smallest absolute Gasteiger partial charge is 0.338 e. The highest BCUT2D eigenvalue weighted by Gasteiger charge is 2.18. The minimum atomic E-state index is -0.525. The number of aliphatic hydroxyl groups excluding tert-OH is 1. The molecule has 0 saturated carbocycles. The van der Waals surface area contributed by atoms with E-state index >= 15 is 0 Å². The molecule has 0 radical (unpaired) electrons. The molecule has 1 atom stereocenters. The molecule has 6 nitrogen and oxygen atoms in total. The summed E-state index contributed by atoms with van der Waals surface area (Å²) in [7, 11) is 0. The van der Waals surface area contributed by atoms with Crippen LogP contribution in [0.2, 0.25) is 0 Å². The molecule has 1 aliphatic heterocycles. The molecule has 0 amide bonds. The van der Waals surface area contributed by atoms with E-state index in [0.29, 0.717) is 24.5 Å². The van der Waals surface area contributed by atoms with Gasteiger partial charge in [0.05, 0.1) is 12.2 Å². The normalized spacial score (nSPS) is 17.5. The van der Waals surface area contributed by atoms with Gasteiger partial charge >= 0.3 is 5.97 Å². The van der Waals surface area contributed by atoms with Crippen molar-refractivity contribution < 1.29 is 19.4 Å². The maximum absolute atomic E-state index is 11.6. The van der Waals surface area contributed by atoms with Crippen LogP contribution in [0.3, 0.4) is 0 Å². The van der Waals surface area contributed by atoms with E-state index in [9.17, 15) is 9.90 Å². The number of β-amino-alcohol motifs (C(OH)–C–C–N with tert-alkyl or cyclic N) is 1. The molecule has 6 heteroatoms. The number of benzene rings is 1. The fourth-order valence-corrected chi connectivity index (χ4v) is 2.73. The average Bonchev–Trinajstić information content (AvgIpc) is 2.61. The molecule has 1 heterocycles. The molecule has 0 aliphatic carbocycles. The van der Waals surface area contributed by atoms with Crippen molar-refractivity contribution in [2.24, 2.45) is 0 Å². The fraction of sp³-hybridized carbons (Fsp3) is 0.611. The van der Waals surface area contributed by atoms with Crippen LogP contribution >= 0.6 is 0 Å². The number of carbonyl (C=O) groups is 1. The number of likely N-dealkylation sites (N-methyl/N-ethyl adjacent to an activating group) is 1. The van der Waals surface area contributed by atoms with Gasteiger partial charge in [0.25, 0.3) is 0 Å². The van der Waals surface area contributed by atoms with Crippen LogP contribution in [0.4, 0.5) is 0 Å². The zero-order valence-electron chi connectivity index (χ0n) is 14.6. The molecule has 0 aromatic heterocycles. The summed E-state index contributed by atoms with van der Waals surface area (Å²) in [6, 6.07) is 6.78. The third-order valence-electron chi connectivity index (χ3n) is 4.19. The molecular formula is C18H28N2O4. The lowest BCUT2D eigenvalue weighted by Crippen LogP contribution is -2.49. The van der Waals surface area contributed by atoms with Crippen molar-refractivity contribution >= 4 is 5.97 Å². The summed E-state index contributed by atoms with van der Waals surface area (Å²) in [6.45, 7) is 10.3. The molecule has 134 valence electrons. The number of nitrogens with zero attached hydrogens (tertiary/aromatic N) is 2. The van der Waals surface area contributed by atoms with Crippen LogP contribution < -0.4 is 4.74 Å². The number of ether oxygens (including phenoxy) is 2. The maximum Gasteiger partial charge on any atom is 0.338 e. The number of carbonyl (C=O) groups excluding carboxylic acids is 1. The van der Waals surface area contributed by atoms with Crippen LogP contribution in [-0.2, 0) is 4.74 Å². The van der Waals surface area contributed by atoms with Crippen LogP contribution in [-0.4, -0.2) is 79.5 Å². The third-order valence-corrected chi connectivity index (χ3v) is 4.19. The Morgan fingerprint density at radius 2 is 1.75 bits per heavy atom. The first kappa shape index (κ1) is 18.7. The predicted octanol–water partition coefficient (Wildman–Crippen LogP) is 1.24. The Morgan fingerprint density at radius 1 is 1.12 bits per heavy atom. The Hall–Kier alpha value is -1.63. The van der Waals surface area contributed by atoms with E-state index in [-0.39, 0.29) is 12.6 Å². The van der Waals surface area contributed by atoms with E-state index in [1.807, 2.05) is 0 Å². The maximum atomic E-state index is 11.6. The van der Waals surface area contributed by atoms with Gasteiger partial charge in [0, 0.05) is 32.7 Å². The standard InChI is InChI=1S/C18H28N2O4/c1-3-19-9-11-20(12-10-19)13-16(21)14-24-17-7-5-15(6-8-17)18(22)23-4-2/h5-8,16,21H,3-4,9-14H2,1-2H3. The minimum absolute atomic E-state index is 0.243. The van der Waals surface area contributed by atoms with Crippen molar-refractivity contribution in [3.63, 3.8) is 0 Å². The van der Waals surface area contributed by atoms with Crippen molar-refractivity contribution in [2.75, 3.05) is 52.5 Å². The van der Waals surface area contributed by atoms with Crippen LogP contribution in [0.15, 0.2) is 24.3 Å². The van der Waals surface area contributed by atoms with Gasteiger partial charge in [0.2, 0.25) is 0 Å². The fourth-order valence-electron chi connectivity index (χ4n) is 2.73. The first-order valence-electron chi connectivity index (χ1n) is 8.65. The molecule has 1 unspecified atom stereocenters. The third kappa shape index (κ3) is 5.78. The molecule has 1 fully saturated rings. The average molecular weight is 336 g/mol. The van der Waals surface area contributed by atoms with Crippen molar-refractivity contribution in [3.8, 4) is 5.75 Å². The molecule has 1 aliphatic rings. The predicted molar refractivity (Wildman–Crippen MR) is 92.5 cm³/mol. The molecule has 1 aromatic rings. The second kappa shape index (κ2) is 9.61. The van der Waals surface area contributed by atoms with Gasteiger partial charge in [-0.05, 0) is 37.7 Å². The highest BCUT2D eigenvalue weighted by atomic mass is 16.5. The summed E-state index contributed by atoms with van der Waals surface area (Å²) >= 11 is 0. The number of hydrogen-bond donors (Lipinski definition) is 1. The van der Waals surface area contributed by atoms with E-state index in [0.717, 1.165) is 32.7 Å². The second-order valence-electron chi connectivity index (χ2n) is 5.94. The Morgan fingerprint density at radius 3 is 2.33 bits per heavy atom. The lowest BCUT2D eigenvalue weighted by molar-refractivity contribution is 0.0469. The van der Waals surface area contributed by atoms with Crippen molar-refractivity contribution in [3.05, 3.63) is 29.8 Å². The Labute approximate surface area is 144 Å². The van der Waals surface area contributed by atoms with Gasteiger partial charge in [-0.1, -0.05) is 6.92 Å². The number of esters is 1. The van der Waals surface area contributed by atoms with Gasteiger partial charge in [-0.3, -0.25) is 4.90 Å². The van der Waals surface area contributed by atoms with Crippen LogP contribution in [0.25, 0.3) is 0 Å². The second-order valence-corrected chi connectivity index (χ2v) is 5.94. The van der Waals surface area contributed by atoms with Crippen LogP contribution in [0, 0.1) is 0 Å². The van der Waals surface area contributed by atoms with Gasteiger partial charge in [-0.25, -0.2) is 4.79 Å². The SMILES string of the molecule is CCOC(=O)c1ccc(OCC(O)CN2CCN(CC)CC2)cc1. The summed E-state index contributed by atoms with van der Waals surface area (Å²) < 4.78 is 10.5. The van der Waals surface area contributed by atoms with E-state index in [4.69, 9.17) is 9.47 Å². The quantitative estimate of drug-likeness (QED) is 0.721. The van der Waals surface area contributed by atoms with E-state index in [1.54, 1.807) is 31.2 Å². The van der Waals surface area contributed by atoms with Crippen LogP contribution in [0.1, 0.15) is 24.2 Å². The van der Waals surface area contributed by atoms with Gasteiger partial charge in [-0.2, -0.15) is 0 Å². The molecule has 0 spiro atoms. The van der Waals surface area contributed by atoms with Crippen molar-refractivity contribution in [1.29, 1.82) is 0 Å². The van der Waals surface area contributed by atoms with Gasteiger partial charge in [0.1, 0.15) is 18.5 Å². The van der Waals surface area contributed by atoms with Gasteiger partial charge in [0.15, 0.2) is 0 Å². The zero-order valence-corrected chi connectivity index (χ0v) is 14.6. The Balaban J connectivity index is 1.71. The summed E-state index contributed by atoms with van der Waals surface area (Å²) in [6.07, 6.45) is -0.525. The number of aliphatic hydroxyl groups is 1. The minimum Gasteiger partial charge on any atom is -0.491 e. The topological polar surface area (TPSA) is 62.2 Å².